The molecule has 0 atom stereocenters. The SMILES string of the molecule is CCO/C=C1N=C(/C=C/c2ccccc2Cl)OC/1=O. The maximum atomic E-state index is 11.4. The zero-order valence-electron chi connectivity index (χ0n) is 10.3. The average Bonchev–Trinajstić information content (AvgIpc) is 2.76. The van der Waals surface area contributed by atoms with Crippen LogP contribution in [0.1, 0.15) is 12.5 Å². The number of rotatable bonds is 4. The molecule has 5 heteroatoms. The number of carbonyl (C=O) groups is 1. The second-order valence-electron chi connectivity index (χ2n) is 3.65. The second-order valence-corrected chi connectivity index (χ2v) is 4.06. The minimum atomic E-state index is -0.521. The number of nitrogens with zero attached hydrogens (tertiary/aromatic N) is 1. The van der Waals surface area contributed by atoms with Crippen LogP contribution in [0.4, 0.5) is 0 Å². The van der Waals surface area contributed by atoms with Crippen molar-refractivity contribution in [1.82, 2.24) is 0 Å². The Bertz CT molecular complexity index is 576. The van der Waals surface area contributed by atoms with E-state index in [1.54, 1.807) is 18.2 Å². The number of cyclic esters (lactones) is 1. The smallest absolute Gasteiger partial charge is 0.367 e. The lowest BCUT2D eigenvalue weighted by Gasteiger charge is -1.96. The van der Waals surface area contributed by atoms with E-state index in [0.717, 1.165) is 5.56 Å². The van der Waals surface area contributed by atoms with Crippen molar-refractivity contribution < 1.29 is 14.3 Å². The van der Waals surface area contributed by atoms with Gasteiger partial charge in [-0.3, -0.25) is 0 Å². The number of aliphatic imine (C=N–C) groups is 1. The third-order valence-electron chi connectivity index (χ3n) is 2.31. The van der Waals surface area contributed by atoms with Crippen LogP contribution in [0.15, 0.2) is 47.3 Å². The summed E-state index contributed by atoms with van der Waals surface area (Å²) in [5, 5.41) is 0.619. The topological polar surface area (TPSA) is 47.9 Å². The molecule has 98 valence electrons. The van der Waals surface area contributed by atoms with Crippen molar-refractivity contribution in [1.29, 1.82) is 0 Å². The van der Waals surface area contributed by atoms with Crippen LogP contribution in [-0.4, -0.2) is 18.5 Å². The highest BCUT2D eigenvalue weighted by Crippen LogP contribution is 2.18. The Morgan fingerprint density at radius 3 is 2.89 bits per heavy atom. The van der Waals surface area contributed by atoms with Crippen LogP contribution in [-0.2, 0) is 14.3 Å². The summed E-state index contributed by atoms with van der Waals surface area (Å²) in [6.07, 6.45) is 4.61. The zero-order chi connectivity index (χ0) is 13.7. The Labute approximate surface area is 116 Å². The van der Waals surface area contributed by atoms with Crippen molar-refractivity contribution in [2.45, 2.75) is 6.92 Å². The summed E-state index contributed by atoms with van der Waals surface area (Å²) in [5.74, 6) is -0.303. The van der Waals surface area contributed by atoms with Gasteiger partial charge in [-0.25, -0.2) is 9.79 Å². The molecule has 0 radical (unpaired) electrons. The molecule has 0 saturated heterocycles. The fourth-order valence-corrected chi connectivity index (χ4v) is 1.61. The molecule has 0 spiro atoms. The monoisotopic (exact) mass is 277 g/mol. The predicted octanol–water partition coefficient (Wildman–Crippen LogP) is 3.19. The highest BCUT2D eigenvalue weighted by Gasteiger charge is 2.21. The quantitative estimate of drug-likeness (QED) is 0.482. The zero-order valence-corrected chi connectivity index (χ0v) is 11.1. The highest BCUT2D eigenvalue weighted by molar-refractivity contribution is 6.32. The average molecular weight is 278 g/mol. The fraction of sp³-hybridized carbons (Fsp3) is 0.143. The molecular weight excluding hydrogens is 266 g/mol. The second kappa shape index (κ2) is 6.20. The molecule has 0 N–H and O–H groups in total. The lowest BCUT2D eigenvalue weighted by atomic mass is 10.2. The molecule has 0 bridgehead atoms. The number of halogens is 1. The molecule has 0 aromatic heterocycles. The molecule has 0 saturated carbocycles. The molecule has 2 rings (SSSR count). The minimum absolute atomic E-state index is 0.153. The Morgan fingerprint density at radius 1 is 1.37 bits per heavy atom. The summed E-state index contributed by atoms with van der Waals surface area (Å²) < 4.78 is 9.97. The van der Waals surface area contributed by atoms with E-state index in [-0.39, 0.29) is 11.6 Å². The molecule has 0 fully saturated rings. The van der Waals surface area contributed by atoms with Crippen LogP contribution in [0.25, 0.3) is 6.08 Å². The first-order valence-electron chi connectivity index (χ1n) is 5.76. The number of ether oxygens (including phenoxy) is 2. The minimum Gasteiger partial charge on any atom is -0.499 e. The van der Waals surface area contributed by atoms with E-state index in [1.165, 1.54) is 6.26 Å². The van der Waals surface area contributed by atoms with Crippen molar-refractivity contribution in [3.05, 3.63) is 52.9 Å². The van der Waals surface area contributed by atoms with Gasteiger partial charge in [-0.05, 0) is 24.6 Å². The van der Waals surface area contributed by atoms with Crippen molar-refractivity contribution in [3.63, 3.8) is 0 Å². The lowest BCUT2D eigenvalue weighted by molar-refractivity contribution is -0.130. The van der Waals surface area contributed by atoms with Crippen molar-refractivity contribution in [3.8, 4) is 0 Å². The van der Waals surface area contributed by atoms with E-state index in [9.17, 15) is 4.79 Å². The van der Waals surface area contributed by atoms with E-state index in [2.05, 4.69) is 4.99 Å². The van der Waals surface area contributed by atoms with Crippen LogP contribution in [0.5, 0.6) is 0 Å². The van der Waals surface area contributed by atoms with Gasteiger partial charge in [0.25, 0.3) is 0 Å². The molecule has 0 unspecified atom stereocenters. The Hall–Kier alpha value is -2.07. The van der Waals surface area contributed by atoms with Crippen molar-refractivity contribution >= 4 is 29.5 Å². The first-order chi connectivity index (χ1) is 9.20. The molecule has 0 amide bonds. The predicted molar refractivity (Wildman–Crippen MR) is 73.7 cm³/mol. The van der Waals surface area contributed by atoms with Crippen LogP contribution in [0.2, 0.25) is 5.02 Å². The summed E-state index contributed by atoms with van der Waals surface area (Å²) in [4.78, 5) is 15.4. The van der Waals surface area contributed by atoms with E-state index in [4.69, 9.17) is 21.1 Å². The molecule has 19 heavy (non-hydrogen) atoms. The maximum Gasteiger partial charge on any atom is 0.367 e. The van der Waals surface area contributed by atoms with Gasteiger partial charge in [0.05, 0.1) is 6.61 Å². The van der Waals surface area contributed by atoms with Gasteiger partial charge in [0.2, 0.25) is 5.90 Å². The van der Waals surface area contributed by atoms with Gasteiger partial charge in [0.15, 0.2) is 5.70 Å². The van der Waals surface area contributed by atoms with Crippen LogP contribution in [0, 0.1) is 0 Å². The third-order valence-corrected chi connectivity index (χ3v) is 2.65. The molecule has 1 aliphatic rings. The number of hydrogen-bond acceptors (Lipinski definition) is 4. The first-order valence-corrected chi connectivity index (χ1v) is 6.13. The number of benzene rings is 1. The number of carbonyl (C=O) groups excluding carboxylic acids is 1. The van der Waals surface area contributed by atoms with Gasteiger partial charge in [0.1, 0.15) is 6.26 Å². The Kier molecular flexibility index (Phi) is 4.36. The van der Waals surface area contributed by atoms with Gasteiger partial charge >= 0.3 is 5.97 Å². The molecule has 0 aliphatic carbocycles. The van der Waals surface area contributed by atoms with E-state index in [0.29, 0.717) is 11.6 Å². The van der Waals surface area contributed by atoms with Gasteiger partial charge < -0.3 is 9.47 Å². The molecule has 1 aromatic carbocycles. The van der Waals surface area contributed by atoms with Gasteiger partial charge in [-0.2, -0.15) is 0 Å². The number of esters is 1. The molecule has 1 aromatic rings. The van der Waals surface area contributed by atoms with E-state index >= 15 is 0 Å². The third kappa shape index (κ3) is 3.45. The standard InChI is InChI=1S/C14H12ClNO3/c1-2-18-9-12-14(17)19-13(16-12)8-7-10-5-3-4-6-11(10)15/h3-9H,2H2,1H3/b8-7+,12-9+. The van der Waals surface area contributed by atoms with E-state index in [1.807, 2.05) is 25.1 Å². The normalized spacial score (nSPS) is 16.8. The summed E-state index contributed by atoms with van der Waals surface area (Å²) in [7, 11) is 0. The molecular formula is C14H12ClNO3. The van der Waals surface area contributed by atoms with Crippen LogP contribution in [0.3, 0.4) is 0 Å². The summed E-state index contributed by atoms with van der Waals surface area (Å²) >= 11 is 6.01. The first kappa shape index (κ1) is 13.4. The maximum absolute atomic E-state index is 11.4. The van der Waals surface area contributed by atoms with Crippen LogP contribution < -0.4 is 0 Å². The Morgan fingerprint density at radius 2 is 2.16 bits per heavy atom. The van der Waals surface area contributed by atoms with Gasteiger partial charge in [-0.15, -0.1) is 0 Å². The molecule has 1 heterocycles. The molecule has 4 nitrogen and oxygen atoms in total. The van der Waals surface area contributed by atoms with Crippen molar-refractivity contribution in [2.75, 3.05) is 6.61 Å². The van der Waals surface area contributed by atoms with Gasteiger partial charge in [0, 0.05) is 11.1 Å². The Balaban J connectivity index is 2.12. The summed E-state index contributed by atoms with van der Waals surface area (Å²) in [6.45, 7) is 2.29. The lowest BCUT2D eigenvalue weighted by Crippen LogP contribution is -2.01. The number of hydrogen-bond donors (Lipinski definition) is 0. The van der Waals surface area contributed by atoms with Crippen LogP contribution >= 0.6 is 11.6 Å². The van der Waals surface area contributed by atoms with Gasteiger partial charge in [-0.1, -0.05) is 29.8 Å². The fourth-order valence-electron chi connectivity index (χ4n) is 1.41. The van der Waals surface area contributed by atoms with Crippen molar-refractivity contribution in [2.24, 2.45) is 4.99 Å². The summed E-state index contributed by atoms with van der Waals surface area (Å²) in [5.41, 5.74) is 0.978. The summed E-state index contributed by atoms with van der Waals surface area (Å²) in [6, 6.07) is 7.35. The largest absolute Gasteiger partial charge is 0.499 e. The highest BCUT2D eigenvalue weighted by atomic mass is 35.5. The van der Waals surface area contributed by atoms with E-state index < -0.39 is 5.97 Å². The molecule has 1 aliphatic heterocycles.